The van der Waals surface area contributed by atoms with E-state index in [2.05, 4.69) is 15.3 Å². The van der Waals surface area contributed by atoms with E-state index in [0.717, 1.165) is 10.9 Å². The molecule has 1 aromatic carbocycles. The maximum Gasteiger partial charge on any atom is 0.341 e. The standard InChI is InChI=1S/C17H13Cl2N3O3/c1-9(16(23)22-15-13(19)6-10(18)7-21-15)25-17(24)12-8-20-14-5-3-2-4-11(12)14/h2-9,20H,1H3,(H,21,22,23)/t9-/m1/s1. The van der Waals surface area contributed by atoms with E-state index in [1.165, 1.54) is 19.2 Å². The first-order valence-electron chi connectivity index (χ1n) is 7.34. The van der Waals surface area contributed by atoms with Crippen molar-refractivity contribution in [3.05, 3.63) is 58.3 Å². The predicted molar refractivity (Wildman–Crippen MR) is 96.1 cm³/mol. The van der Waals surface area contributed by atoms with Gasteiger partial charge in [-0.1, -0.05) is 41.4 Å². The van der Waals surface area contributed by atoms with Crippen molar-refractivity contribution in [2.24, 2.45) is 0 Å². The maximum atomic E-state index is 12.3. The Hall–Kier alpha value is -2.57. The molecule has 1 atom stereocenters. The summed E-state index contributed by atoms with van der Waals surface area (Å²) in [7, 11) is 0. The van der Waals surface area contributed by atoms with Crippen LogP contribution >= 0.6 is 23.2 Å². The van der Waals surface area contributed by atoms with Crippen LogP contribution in [0, 0.1) is 0 Å². The number of H-pyrrole nitrogens is 1. The van der Waals surface area contributed by atoms with Crippen LogP contribution in [-0.4, -0.2) is 27.9 Å². The van der Waals surface area contributed by atoms with E-state index < -0.39 is 18.0 Å². The van der Waals surface area contributed by atoms with E-state index in [1.807, 2.05) is 18.2 Å². The number of ether oxygens (including phenoxy) is 1. The van der Waals surface area contributed by atoms with Gasteiger partial charge in [0, 0.05) is 23.3 Å². The first-order valence-corrected chi connectivity index (χ1v) is 8.10. The van der Waals surface area contributed by atoms with E-state index in [-0.39, 0.29) is 10.8 Å². The second-order valence-electron chi connectivity index (χ2n) is 5.27. The topological polar surface area (TPSA) is 84.1 Å². The summed E-state index contributed by atoms with van der Waals surface area (Å²) in [5, 5.41) is 3.76. The van der Waals surface area contributed by atoms with Crippen molar-refractivity contribution in [1.29, 1.82) is 0 Å². The third kappa shape index (κ3) is 3.75. The van der Waals surface area contributed by atoms with E-state index in [9.17, 15) is 9.59 Å². The van der Waals surface area contributed by atoms with Crippen molar-refractivity contribution in [2.75, 3.05) is 5.32 Å². The molecule has 0 aliphatic carbocycles. The van der Waals surface area contributed by atoms with Gasteiger partial charge < -0.3 is 15.0 Å². The molecule has 6 nitrogen and oxygen atoms in total. The number of benzene rings is 1. The highest BCUT2D eigenvalue weighted by Crippen LogP contribution is 2.23. The van der Waals surface area contributed by atoms with Gasteiger partial charge in [-0.2, -0.15) is 0 Å². The summed E-state index contributed by atoms with van der Waals surface area (Å²) < 4.78 is 5.23. The zero-order chi connectivity index (χ0) is 18.0. The summed E-state index contributed by atoms with van der Waals surface area (Å²) in [6.45, 7) is 1.46. The molecule has 0 unspecified atom stereocenters. The van der Waals surface area contributed by atoms with Gasteiger partial charge in [0.1, 0.15) is 0 Å². The monoisotopic (exact) mass is 377 g/mol. The number of nitrogens with zero attached hydrogens (tertiary/aromatic N) is 1. The lowest BCUT2D eigenvalue weighted by Crippen LogP contribution is -2.30. The number of nitrogens with one attached hydrogen (secondary N) is 2. The van der Waals surface area contributed by atoms with Crippen LogP contribution in [0.5, 0.6) is 0 Å². The number of halogens is 2. The number of pyridine rings is 1. The maximum absolute atomic E-state index is 12.3. The molecule has 0 aliphatic heterocycles. The van der Waals surface area contributed by atoms with Gasteiger partial charge in [-0.25, -0.2) is 9.78 Å². The largest absolute Gasteiger partial charge is 0.449 e. The highest BCUT2D eigenvalue weighted by atomic mass is 35.5. The van der Waals surface area contributed by atoms with Crippen molar-refractivity contribution in [3.63, 3.8) is 0 Å². The van der Waals surface area contributed by atoms with Crippen LogP contribution in [0.3, 0.4) is 0 Å². The molecule has 2 heterocycles. The first kappa shape index (κ1) is 17.3. The third-order valence-electron chi connectivity index (χ3n) is 3.51. The Labute approximate surface area is 153 Å². The van der Waals surface area contributed by atoms with Crippen LogP contribution in [0.4, 0.5) is 5.82 Å². The van der Waals surface area contributed by atoms with Gasteiger partial charge in [-0.3, -0.25) is 4.79 Å². The lowest BCUT2D eigenvalue weighted by Gasteiger charge is -2.13. The minimum absolute atomic E-state index is 0.144. The predicted octanol–water partition coefficient (Wildman–Crippen LogP) is 4.05. The Morgan fingerprint density at radius 3 is 2.80 bits per heavy atom. The number of para-hydroxylation sites is 1. The van der Waals surface area contributed by atoms with Gasteiger partial charge in [-0.05, 0) is 19.1 Å². The molecule has 25 heavy (non-hydrogen) atoms. The van der Waals surface area contributed by atoms with E-state index in [1.54, 1.807) is 12.3 Å². The van der Waals surface area contributed by atoms with E-state index >= 15 is 0 Å². The highest BCUT2D eigenvalue weighted by molar-refractivity contribution is 6.36. The third-order valence-corrected chi connectivity index (χ3v) is 4.01. The molecule has 2 N–H and O–H groups in total. The molecule has 3 aromatic rings. The number of hydrogen-bond acceptors (Lipinski definition) is 4. The van der Waals surface area contributed by atoms with Crippen LogP contribution in [0.15, 0.2) is 42.7 Å². The van der Waals surface area contributed by atoms with Gasteiger partial charge in [-0.15, -0.1) is 0 Å². The normalized spacial score (nSPS) is 12.0. The average molecular weight is 378 g/mol. The number of aromatic amines is 1. The van der Waals surface area contributed by atoms with Gasteiger partial charge in [0.05, 0.1) is 15.6 Å². The molecule has 128 valence electrons. The molecule has 0 saturated heterocycles. The summed E-state index contributed by atoms with van der Waals surface area (Å²) >= 11 is 11.7. The van der Waals surface area contributed by atoms with Crippen LogP contribution in [0.2, 0.25) is 10.0 Å². The molecule has 1 amide bonds. The van der Waals surface area contributed by atoms with Crippen molar-refractivity contribution >= 4 is 51.8 Å². The number of hydrogen-bond donors (Lipinski definition) is 2. The summed E-state index contributed by atoms with van der Waals surface area (Å²) in [6.07, 6.45) is 1.87. The number of fused-ring (bicyclic) bond motifs is 1. The number of amides is 1. The Morgan fingerprint density at radius 2 is 2.04 bits per heavy atom. The number of esters is 1. The lowest BCUT2D eigenvalue weighted by molar-refractivity contribution is -0.123. The summed E-state index contributed by atoms with van der Waals surface area (Å²) in [5.74, 6) is -1.01. The van der Waals surface area contributed by atoms with E-state index in [0.29, 0.717) is 10.6 Å². The fourth-order valence-electron chi connectivity index (χ4n) is 2.24. The Kier molecular flexibility index (Phi) is 4.92. The molecular weight excluding hydrogens is 365 g/mol. The van der Waals surface area contributed by atoms with Gasteiger partial charge in [0.25, 0.3) is 5.91 Å². The van der Waals surface area contributed by atoms with Gasteiger partial charge in [0.2, 0.25) is 0 Å². The average Bonchev–Trinajstić information content (AvgIpc) is 3.01. The first-order chi connectivity index (χ1) is 12.0. The summed E-state index contributed by atoms with van der Waals surface area (Å²) in [4.78, 5) is 31.4. The molecular formula is C17H13Cl2N3O3. The van der Waals surface area contributed by atoms with Crippen LogP contribution < -0.4 is 5.32 Å². The quantitative estimate of drug-likeness (QED) is 0.671. The molecule has 0 fully saturated rings. The number of carbonyl (C=O) groups excluding carboxylic acids is 2. The minimum Gasteiger partial charge on any atom is -0.449 e. The molecule has 0 radical (unpaired) electrons. The fourth-order valence-corrected chi connectivity index (χ4v) is 2.67. The van der Waals surface area contributed by atoms with Crippen molar-refractivity contribution in [1.82, 2.24) is 9.97 Å². The smallest absolute Gasteiger partial charge is 0.341 e. The number of anilines is 1. The molecule has 0 bridgehead atoms. The summed E-state index contributed by atoms with van der Waals surface area (Å²) in [6, 6.07) is 8.76. The zero-order valence-electron chi connectivity index (χ0n) is 13.0. The summed E-state index contributed by atoms with van der Waals surface area (Å²) in [5.41, 5.74) is 1.17. The van der Waals surface area contributed by atoms with E-state index in [4.69, 9.17) is 27.9 Å². The second-order valence-corrected chi connectivity index (χ2v) is 6.11. The number of rotatable bonds is 4. The van der Waals surface area contributed by atoms with Crippen molar-refractivity contribution in [3.8, 4) is 0 Å². The van der Waals surface area contributed by atoms with Crippen LogP contribution in [-0.2, 0) is 9.53 Å². The highest BCUT2D eigenvalue weighted by Gasteiger charge is 2.22. The minimum atomic E-state index is -1.03. The SMILES string of the molecule is C[C@@H](OC(=O)c1c[nH]c2ccccc12)C(=O)Nc1ncc(Cl)cc1Cl. The van der Waals surface area contributed by atoms with Gasteiger partial charge in [0.15, 0.2) is 11.9 Å². The molecule has 0 aliphatic rings. The Balaban J connectivity index is 1.69. The van der Waals surface area contributed by atoms with Crippen LogP contribution in [0.1, 0.15) is 17.3 Å². The molecule has 3 rings (SSSR count). The molecule has 0 saturated carbocycles. The molecule has 8 heteroatoms. The molecule has 2 aromatic heterocycles. The fraction of sp³-hybridized carbons (Fsp3) is 0.118. The number of carbonyl (C=O) groups is 2. The van der Waals surface area contributed by atoms with Gasteiger partial charge >= 0.3 is 5.97 Å². The second kappa shape index (κ2) is 7.13. The molecule has 0 spiro atoms. The lowest BCUT2D eigenvalue weighted by atomic mass is 10.2. The van der Waals surface area contributed by atoms with Crippen LogP contribution in [0.25, 0.3) is 10.9 Å². The zero-order valence-corrected chi connectivity index (χ0v) is 14.6. The Morgan fingerprint density at radius 1 is 1.28 bits per heavy atom. The Bertz CT molecular complexity index is 955. The van der Waals surface area contributed by atoms with Crippen molar-refractivity contribution in [2.45, 2.75) is 13.0 Å². The number of aromatic nitrogens is 2. The van der Waals surface area contributed by atoms with Crippen molar-refractivity contribution < 1.29 is 14.3 Å².